The van der Waals surface area contributed by atoms with E-state index in [1.165, 1.54) is 12.2 Å². The highest BCUT2D eigenvalue weighted by molar-refractivity contribution is 7.17. The smallest absolute Gasteiger partial charge is 0.125 e. The molecule has 0 saturated heterocycles. The van der Waals surface area contributed by atoms with Gasteiger partial charge in [0, 0.05) is 0 Å². The quantitative estimate of drug-likeness (QED) is 0.289. The fourth-order valence-electron chi connectivity index (χ4n) is 0.0772. The third-order valence-corrected chi connectivity index (χ3v) is 3.04. The molecule has 5 heavy (non-hydrogen) atoms. The van der Waals surface area contributed by atoms with Crippen LogP contribution in [0.1, 0.15) is 0 Å². The number of rotatable bonds is 2. The average Bonchev–Trinajstić information content (AvgIpc) is 1.41. The summed E-state index contributed by atoms with van der Waals surface area (Å²) in [6, 6.07) is 1.26. The van der Waals surface area contributed by atoms with E-state index in [2.05, 4.69) is 9.24 Å². The Morgan fingerprint density at radius 3 is 2.40 bits per heavy atom. The molecule has 0 amide bonds. The summed E-state index contributed by atoms with van der Waals surface area (Å²) in [4.78, 5) is 0. The first-order valence-electron chi connectivity index (χ1n) is 1.68. The van der Waals surface area contributed by atoms with Crippen molar-refractivity contribution in [3.63, 3.8) is 0 Å². The van der Waals surface area contributed by atoms with Crippen molar-refractivity contribution in [2.24, 2.45) is 0 Å². The molecule has 0 heterocycles. The van der Waals surface area contributed by atoms with Gasteiger partial charge in [0.2, 0.25) is 0 Å². The Labute approximate surface area is 42.0 Å². The molecule has 0 aromatic carbocycles. The third kappa shape index (κ3) is 4.94. The van der Waals surface area contributed by atoms with Crippen LogP contribution in [0.4, 0.5) is 0 Å². The standard InChI is InChI=1S/C2H8ClPSi/c3-5-2-1-4/h1-2,4-5H2. The molecule has 0 bridgehead atoms. The molecule has 0 saturated carbocycles. The molecule has 32 valence electrons. The van der Waals surface area contributed by atoms with Gasteiger partial charge in [0.25, 0.3) is 0 Å². The molecule has 0 N–H and O–H groups in total. The lowest BCUT2D eigenvalue weighted by Gasteiger charge is -1.76. The van der Waals surface area contributed by atoms with Crippen LogP contribution < -0.4 is 0 Å². The first-order valence-corrected chi connectivity index (χ1v) is 5.63. The van der Waals surface area contributed by atoms with Gasteiger partial charge in [-0.1, -0.05) is 0 Å². The Bertz CT molecular complexity index is 17.1. The van der Waals surface area contributed by atoms with E-state index in [-0.39, 0.29) is 8.83 Å². The Hall–Kier alpha value is 0.937. The van der Waals surface area contributed by atoms with Crippen molar-refractivity contribution in [2.75, 3.05) is 6.16 Å². The fourth-order valence-corrected chi connectivity index (χ4v) is 2.08. The molecule has 1 atom stereocenters. The molecule has 0 aromatic heterocycles. The summed E-state index contributed by atoms with van der Waals surface area (Å²) in [6.07, 6.45) is 1.19. The van der Waals surface area contributed by atoms with E-state index in [0.29, 0.717) is 0 Å². The van der Waals surface area contributed by atoms with Crippen molar-refractivity contribution in [3.8, 4) is 0 Å². The summed E-state index contributed by atoms with van der Waals surface area (Å²) in [5.41, 5.74) is 0. The lowest BCUT2D eigenvalue weighted by Crippen LogP contribution is -1.73. The number of halogens is 1. The van der Waals surface area contributed by atoms with Gasteiger partial charge in [0.15, 0.2) is 0 Å². The van der Waals surface area contributed by atoms with E-state index >= 15 is 0 Å². The van der Waals surface area contributed by atoms with Gasteiger partial charge in [-0.2, -0.15) is 11.1 Å². The van der Waals surface area contributed by atoms with Crippen molar-refractivity contribution in [3.05, 3.63) is 0 Å². The van der Waals surface area contributed by atoms with Gasteiger partial charge in [0.05, 0.1) is 0 Å². The summed E-state index contributed by atoms with van der Waals surface area (Å²) in [6.45, 7) is 0. The minimum atomic E-state index is -0.135. The Balaban J connectivity index is 2.19. The molecule has 0 spiro atoms. The summed E-state index contributed by atoms with van der Waals surface area (Å²) in [5, 5.41) is 0. The Morgan fingerprint density at radius 1 is 1.80 bits per heavy atom. The molecule has 1 unspecified atom stereocenters. The van der Waals surface area contributed by atoms with Crippen LogP contribution in [0.25, 0.3) is 0 Å². The maximum absolute atomic E-state index is 5.43. The second-order valence-electron chi connectivity index (χ2n) is 0.831. The summed E-state index contributed by atoms with van der Waals surface area (Å²) in [7, 11) is 2.52. The van der Waals surface area contributed by atoms with Crippen LogP contribution in [-0.2, 0) is 0 Å². The van der Waals surface area contributed by atoms with E-state index in [4.69, 9.17) is 11.1 Å². The molecular weight excluding hydrogens is 119 g/mol. The lowest BCUT2D eigenvalue weighted by atomic mass is 11.0. The van der Waals surface area contributed by atoms with Crippen LogP contribution in [0.2, 0.25) is 6.04 Å². The van der Waals surface area contributed by atoms with Crippen molar-refractivity contribution < 1.29 is 0 Å². The van der Waals surface area contributed by atoms with Crippen molar-refractivity contribution >= 4 is 29.1 Å². The van der Waals surface area contributed by atoms with Crippen LogP contribution in [0, 0.1) is 0 Å². The van der Waals surface area contributed by atoms with Crippen LogP contribution in [0.3, 0.4) is 0 Å². The molecule has 0 aliphatic rings. The van der Waals surface area contributed by atoms with E-state index in [0.717, 1.165) is 0 Å². The largest absolute Gasteiger partial charge is 0.176 e. The molecule has 0 aromatic rings. The van der Waals surface area contributed by atoms with Crippen molar-refractivity contribution in [1.29, 1.82) is 0 Å². The van der Waals surface area contributed by atoms with Crippen LogP contribution in [-0.4, -0.2) is 15.0 Å². The summed E-state index contributed by atoms with van der Waals surface area (Å²) < 4.78 is 0. The predicted octanol–water partition coefficient (Wildman–Crippen LogP) is 0.602. The topological polar surface area (TPSA) is 0 Å². The third-order valence-electron chi connectivity index (χ3n) is 0.338. The maximum atomic E-state index is 5.43. The SMILES string of the molecule is PCC[SiH2]Cl. The zero-order valence-electron chi connectivity index (χ0n) is 3.08. The van der Waals surface area contributed by atoms with Gasteiger partial charge in [-0.05, 0) is 12.2 Å². The molecule has 0 rings (SSSR count). The summed E-state index contributed by atoms with van der Waals surface area (Å²) in [5.74, 6) is 0. The van der Waals surface area contributed by atoms with Gasteiger partial charge < -0.3 is 0 Å². The second-order valence-corrected chi connectivity index (χ2v) is 3.63. The lowest BCUT2D eigenvalue weighted by molar-refractivity contribution is 1.50. The van der Waals surface area contributed by atoms with E-state index in [9.17, 15) is 0 Å². The Kier molecular flexibility index (Phi) is 5.86. The Morgan fingerprint density at radius 2 is 2.40 bits per heavy atom. The molecular formula is C2H8ClPSi. The minimum Gasteiger partial charge on any atom is -0.176 e. The van der Waals surface area contributed by atoms with Gasteiger partial charge in [0.1, 0.15) is 8.83 Å². The highest BCUT2D eigenvalue weighted by Gasteiger charge is 1.72. The zero-order chi connectivity index (χ0) is 4.12. The van der Waals surface area contributed by atoms with E-state index in [1.807, 2.05) is 0 Å². The van der Waals surface area contributed by atoms with E-state index in [1.54, 1.807) is 0 Å². The van der Waals surface area contributed by atoms with Gasteiger partial charge in [-0.3, -0.25) is 0 Å². The van der Waals surface area contributed by atoms with Crippen molar-refractivity contribution in [2.45, 2.75) is 6.04 Å². The van der Waals surface area contributed by atoms with Crippen LogP contribution in [0.5, 0.6) is 0 Å². The van der Waals surface area contributed by atoms with Gasteiger partial charge >= 0.3 is 0 Å². The van der Waals surface area contributed by atoms with Crippen LogP contribution in [0.15, 0.2) is 0 Å². The average molecular weight is 127 g/mol. The molecule has 3 heteroatoms. The maximum Gasteiger partial charge on any atom is 0.125 e. The van der Waals surface area contributed by atoms with E-state index < -0.39 is 0 Å². The normalized spacial score (nSPS) is 10.8. The number of hydrogen-bond acceptors (Lipinski definition) is 0. The highest BCUT2D eigenvalue weighted by atomic mass is 35.6. The predicted molar refractivity (Wildman–Crippen MR) is 33.8 cm³/mol. The van der Waals surface area contributed by atoms with Gasteiger partial charge in [-0.25, -0.2) is 0 Å². The second kappa shape index (κ2) is 4.94. The molecule has 0 aliphatic carbocycles. The number of hydrogen-bond donors (Lipinski definition) is 0. The molecule has 0 radical (unpaired) electrons. The fraction of sp³-hybridized carbons (Fsp3) is 1.00. The zero-order valence-corrected chi connectivity index (χ0v) is 6.40. The van der Waals surface area contributed by atoms with Crippen molar-refractivity contribution in [1.82, 2.24) is 0 Å². The summed E-state index contributed by atoms with van der Waals surface area (Å²) >= 11 is 5.43. The highest BCUT2D eigenvalue weighted by Crippen LogP contribution is 1.87. The molecule has 0 nitrogen and oxygen atoms in total. The molecule has 0 fully saturated rings. The van der Waals surface area contributed by atoms with Gasteiger partial charge in [-0.15, -0.1) is 9.24 Å². The van der Waals surface area contributed by atoms with Crippen LogP contribution >= 0.6 is 20.3 Å². The monoisotopic (exact) mass is 126 g/mol. The first-order chi connectivity index (χ1) is 2.41. The first kappa shape index (κ1) is 5.94. The molecule has 0 aliphatic heterocycles. The minimum absolute atomic E-state index is 0.135.